The van der Waals surface area contributed by atoms with E-state index in [0.717, 1.165) is 37.1 Å². The highest BCUT2D eigenvalue weighted by Crippen LogP contribution is 2.29. The quantitative estimate of drug-likeness (QED) is 0.909. The standard InChI is InChI=1S/C14H19F3N2/c1-10-12(9-19(2)18-10)6-3-11-4-7-13(8-5-11)14(15,16)17/h4-5,7-8,10,12,18H,3,6,9H2,1-2H3. The molecule has 0 radical (unpaired) electrons. The summed E-state index contributed by atoms with van der Waals surface area (Å²) in [6.07, 6.45) is -2.43. The van der Waals surface area contributed by atoms with Gasteiger partial charge in [0.2, 0.25) is 0 Å². The Bertz CT molecular complexity index is 414. The maximum atomic E-state index is 12.4. The Morgan fingerprint density at radius 3 is 2.37 bits per heavy atom. The zero-order chi connectivity index (χ0) is 14.0. The fourth-order valence-electron chi connectivity index (χ4n) is 2.57. The van der Waals surface area contributed by atoms with Crippen molar-refractivity contribution in [2.45, 2.75) is 32.0 Å². The SMILES string of the molecule is CC1NN(C)CC1CCc1ccc(C(F)(F)F)cc1. The summed E-state index contributed by atoms with van der Waals surface area (Å²) >= 11 is 0. The van der Waals surface area contributed by atoms with Crippen LogP contribution in [0, 0.1) is 5.92 Å². The number of halogens is 3. The van der Waals surface area contributed by atoms with Crippen molar-refractivity contribution in [2.75, 3.05) is 13.6 Å². The Balaban J connectivity index is 1.90. The van der Waals surface area contributed by atoms with Crippen molar-refractivity contribution in [3.63, 3.8) is 0 Å². The number of nitrogens with one attached hydrogen (secondary N) is 1. The summed E-state index contributed by atoms with van der Waals surface area (Å²) < 4.78 is 37.3. The molecule has 2 unspecified atom stereocenters. The predicted molar refractivity (Wildman–Crippen MR) is 68.5 cm³/mol. The second kappa shape index (κ2) is 5.51. The van der Waals surface area contributed by atoms with Gasteiger partial charge in [-0.1, -0.05) is 12.1 Å². The van der Waals surface area contributed by atoms with E-state index >= 15 is 0 Å². The van der Waals surface area contributed by atoms with Crippen LogP contribution in [0.2, 0.25) is 0 Å². The molecule has 1 aliphatic rings. The number of aryl methyl sites for hydroxylation is 1. The number of hydrogen-bond donors (Lipinski definition) is 1. The summed E-state index contributed by atoms with van der Waals surface area (Å²) in [5, 5.41) is 2.07. The molecule has 0 spiro atoms. The van der Waals surface area contributed by atoms with Crippen molar-refractivity contribution in [3.05, 3.63) is 35.4 Å². The first-order valence-corrected chi connectivity index (χ1v) is 6.49. The molecule has 2 rings (SSSR count). The highest BCUT2D eigenvalue weighted by Gasteiger charge is 2.30. The van der Waals surface area contributed by atoms with E-state index in [-0.39, 0.29) is 0 Å². The molecule has 5 heteroatoms. The summed E-state index contributed by atoms with van der Waals surface area (Å²) in [5.74, 6) is 0.548. The maximum absolute atomic E-state index is 12.4. The van der Waals surface area contributed by atoms with Gasteiger partial charge in [-0.25, -0.2) is 5.01 Å². The van der Waals surface area contributed by atoms with Gasteiger partial charge in [-0.3, -0.25) is 5.43 Å². The molecule has 1 N–H and O–H groups in total. The van der Waals surface area contributed by atoms with Crippen LogP contribution in [0.4, 0.5) is 13.2 Å². The first-order valence-electron chi connectivity index (χ1n) is 6.49. The van der Waals surface area contributed by atoms with Crippen LogP contribution in [0.15, 0.2) is 24.3 Å². The lowest BCUT2D eigenvalue weighted by Gasteiger charge is -2.13. The number of hydrazine groups is 1. The highest BCUT2D eigenvalue weighted by atomic mass is 19.4. The van der Waals surface area contributed by atoms with Gasteiger partial charge < -0.3 is 0 Å². The fourth-order valence-corrected chi connectivity index (χ4v) is 2.57. The van der Waals surface area contributed by atoms with Crippen LogP contribution in [0.25, 0.3) is 0 Å². The van der Waals surface area contributed by atoms with Gasteiger partial charge in [0.15, 0.2) is 0 Å². The molecule has 0 amide bonds. The second-order valence-electron chi connectivity index (χ2n) is 5.29. The van der Waals surface area contributed by atoms with Crippen molar-refractivity contribution < 1.29 is 13.2 Å². The molecule has 0 aromatic heterocycles. The molecule has 1 saturated heterocycles. The van der Waals surface area contributed by atoms with Crippen LogP contribution in [0.3, 0.4) is 0 Å². The Morgan fingerprint density at radius 2 is 1.89 bits per heavy atom. The van der Waals surface area contributed by atoms with Crippen LogP contribution in [0.1, 0.15) is 24.5 Å². The Morgan fingerprint density at radius 1 is 1.26 bits per heavy atom. The zero-order valence-corrected chi connectivity index (χ0v) is 11.2. The normalized spacial score (nSPS) is 24.9. The van der Waals surface area contributed by atoms with Crippen molar-refractivity contribution in [1.29, 1.82) is 0 Å². The largest absolute Gasteiger partial charge is 0.416 e. The van der Waals surface area contributed by atoms with E-state index in [0.29, 0.717) is 12.0 Å². The predicted octanol–water partition coefficient (Wildman–Crippen LogP) is 3.09. The second-order valence-corrected chi connectivity index (χ2v) is 5.29. The molecule has 19 heavy (non-hydrogen) atoms. The van der Waals surface area contributed by atoms with E-state index in [1.807, 2.05) is 7.05 Å². The Labute approximate surface area is 111 Å². The van der Waals surface area contributed by atoms with Crippen LogP contribution in [-0.4, -0.2) is 24.6 Å². The van der Waals surface area contributed by atoms with Crippen molar-refractivity contribution in [3.8, 4) is 0 Å². The first kappa shape index (κ1) is 14.3. The van der Waals surface area contributed by atoms with E-state index in [1.54, 1.807) is 12.1 Å². The minimum Gasteiger partial charge on any atom is -0.252 e. The summed E-state index contributed by atoms with van der Waals surface area (Å²) in [7, 11) is 2.01. The van der Waals surface area contributed by atoms with E-state index in [4.69, 9.17) is 0 Å². The lowest BCUT2D eigenvalue weighted by molar-refractivity contribution is -0.137. The minimum atomic E-state index is -4.24. The third-order valence-electron chi connectivity index (χ3n) is 3.72. The van der Waals surface area contributed by atoms with Crippen LogP contribution >= 0.6 is 0 Å². The van der Waals surface area contributed by atoms with Crippen LogP contribution < -0.4 is 5.43 Å². The van der Waals surface area contributed by atoms with Gasteiger partial charge in [-0.05, 0) is 43.4 Å². The fraction of sp³-hybridized carbons (Fsp3) is 0.571. The van der Waals surface area contributed by atoms with Crippen LogP contribution in [0.5, 0.6) is 0 Å². The molecular formula is C14H19F3N2. The number of rotatable bonds is 3. The van der Waals surface area contributed by atoms with E-state index < -0.39 is 11.7 Å². The first-order chi connectivity index (χ1) is 8.86. The zero-order valence-electron chi connectivity index (χ0n) is 11.2. The molecule has 2 atom stereocenters. The third kappa shape index (κ3) is 3.70. The van der Waals surface area contributed by atoms with Gasteiger partial charge in [0, 0.05) is 19.6 Å². The maximum Gasteiger partial charge on any atom is 0.416 e. The summed E-state index contributed by atoms with van der Waals surface area (Å²) in [4.78, 5) is 0. The molecule has 1 heterocycles. The molecule has 0 bridgehead atoms. The number of alkyl halides is 3. The summed E-state index contributed by atoms with van der Waals surface area (Å²) in [6.45, 7) is 3.13. The van der Waals surface area contributed by atoms with Gasteiger partial charge in [-0.15, -0.1) is 0 Å². The smallest absolute Gasteiger partial charge is 0.252 e. The van der Waals surface area contributed by atoms with Gasteiger partial charge in [0.05, 0.1) is 5.56 Å². The number of hydrogen-bond acceptors (Lipinski definition) is 2. The Hall–Kier alpha value is -1.07. The third-order valence-corrected chi connectivity index (χ3v) is 3.72. The molecule has 1 aliphatic heterocycles. The summed E-state index contributed by atoms with van der Waals surface area (Å²) in [5.41, 5.74) is 3.71. The average molecular weight is 272 g/mol. The van der Waals surface area contributed by atoms with Gasteiger partial charge in [0.1, 0.15) is 0 Å². The lowest BCUT2D eigenvalue weighted by atomic mass is 9.95. The summed E-state index contributed by atoms with van der Waals surface area (Å²) in [6, 6.07) is 5.92. The van der Waals surface area contributed by atoms with Gasteiger partial charge in [-0.2, -0.15) is 13.2 Å². The Kier molecular flexibility index (Phi) is 4.16. The topological polar surface area (TPSA) is 15.3 Å². The molecule has 0 aliphatic carbocycles. The number of nitrogens with zero attached hydrogens (tertiary/aromatic N) is 1. The van der Waals surface area contributed by atoms with E-state index in [2.05, 4.69) is 17.4 Å². The molecule has 106 valence electrons. The van der Waals surface area contributed by atoms with E-state index in [1.165, 1.54) is 0 Å². The van der Waals surface area contributed by atoms with Crippen LogP contribution in [-0.2, 0) is 12.6 Å². The number of benzene rings is 1. The highest BCUT2D eigenvalue weighted by molar-refractivity contribution is 5.24. The molecular weight excluding hydrogens is 253 g/mol. The lowest BCUT2D eigenvalue weighted by Crippen LogP contribution is -2.30. The van der Waals surface area contributed by atoms with Gasteiger partial charge >= 0.3 is 6.18 Å². The van der Waals surface area contributed by atoms with Crippen molar-refractivity contribution in [1.82, 2.24) is 10.4 Å². The molecule has 0 saturated carbocycles. The average Bonchev–Trinajstić information content (AvgIpc) is 2.65. The molecule has 1 aromatic rings. The molecule has 1 fully saturated rings. The molecule has 2 nitrogen and oxygen atoms in total. The molecule has 1 aromatic carbocycles. The monoisotopic (exact) mass is 272 g/mol. The van der Waals surface area contributed by atoms with E-state index in [9.17, 15) is 13.2 Å². The van der Waals surface area contributed by atoms with Gasteiger partial charge in [0.25, 0.3) is 0 Å². The van der Waals surface area contributed by atoms with Crippen molar-refractivity contribution in [2.24, 2.45) is 5.92 Å². The minimum absolute atomic E-state index is 0.430. The van der Waals surface area contributed by atoms with Crippen molar-refractivity contribution >= 4 is 0 Å².